The molecule has 0 unspecified atom stereocenters. The number of aryl methyl sites for hydroxylation is 1. The van der Waals surface area contributed by atoms with Crippen LogP contribution in [0.5, 0.6) is 0 Å². The predicted octanol–water partition coefficient (Wildman–Crippen LogP) is 3.69. The summed E-state index contributed by atoms with van der Waals surface area (Å²) in [5.41, 5.74) is 2.23. The number of fused-ring (bicyclic) bond motifs is 1. The van der Waals surface area contributed by atoms with Crippen LogP contribution in [0.15, 0.2) is 30.3 Å². The van der Waals surface area contributed by atoms with E-state index in [1.165, 1.54) is 17.4 Å². The molecule has 0 aliphatic heterocycles. The molecule has 3 heterocycles. The molecule has 0 N–H and O–H groups in total. The zero-order valence-corrected chi connectivity index (χ0v) is 15.2. The highest BCUT2D eigenvalue weighted by Gasteiger charge is 2.22. The van der Waals surface area contributed by atoms with Crippen molar-refractivity contribution < 1.29 is 4.39 Å². The Hall–Kier alpha value is -2.61. The number of hydrogen-bond acceptors (Lipinski definition) is 5. The van der Waals surface area contributed by atoms with Gasteiger partial charge in [0, 0.05) is 12.5 Å². The number of halogens is 1. The van der Waals surface area contributed by atoms with Crippen molar-refractivity contribution in [2.24, 2.45) is 7.05 Å². The molecule has 0 saturated carbocycles. The highest BCUT2D eigenvalue weighted by molar-refractivity contribution is 7.19. The SMILES string of the molecule is Cn1nc(C(C)(C)C)cc1-c1nn2c(-c3ccccc3F)nnc2s1. The van der Waals surface area contributed by atoms with Gasteiger partial charge in [0.15, 0.2) is 10.8 Å². The van der Waals surface area contributed by atoms with Crippen LogP contribution in [-0.2, 0) is 12.5 Å². The van der Waals surface area contributed by atoms with Crippen molar-refractivity contribution >= 4 is 16.3 Å². The van der Waals surface area contributed by atoms with Crippen LogP contribution in [0, 0.1) is 5.82 Å². The molecule has 0 saturated heterocycles. The molecular weight excluding hydrogens is 339 g/mol. The average Bonchev–Trinajstić information content (AvgIpc) is 3.20. The van der Waals surface area contributed by atoms with Crippen molar-refractivity contribution in [3.8, 4) is 22.1 Å². The van der Waals surface area contributed by atoms with Crippen molar-refractivity contribution in [2.75, 3.05) is 0 Å². The van der Waals surface area contributed by atoms with E-state index in [-0.39, 0.29) is 11.2 Å². The van der Waals surface area contributed by atoms with E-state index in [4.69, 9.17) is 0 Å². The standard InChI is InChI=1S/C17H17FN6S/c1-17(2,3)13-9-12(23(4)21-13)15-22-24-14(19-20-16(24)25-15)10-7-5-6-8-11(10)18/h5-9H,1-4H3. The average molecular weight is 356 g/mol. The van der Waals surface area contributed by atoms with Crippen molar-refractivity contribution in [1.82, 2.24) is 29.6 Å². The summed E-state index contributed by atoms with van der Waals surface area (Å²) in [6.45, 7) is 6.36. The van der Waals surface area contributed by atoms with Crippen LogP contribution in [0.3, 0.4) is 0 Å². The third-order valence-corrected chi connectivity index (χ3v) is 4.89. The quantitative estimate of drug-likeness (QED) is 0.550. The Kier molecular flexibility index (Phi) is 3.47. The fourth-order valence-corrected chi connectivity index (χ4v) is 3.45. The maximum atomic E-state index is 14.1. The molecule has 1 aromatic carbocycles. The maximum absolute atomic E-state index is 14.1. The number of benzene rings is 1. The molecular formula is C17H17FN6S. The second kappa shape index (κ2) is 5.45. The number of aromatic nitrogens is 6. The molecule has 0 amide bonds. The zero-order chi connectivity index (χ0) is 17.8. The summed E-state index contributed by atoms with van der Waals surface area (Å²) < 4.78 is 17.5. The van der Waals surface area contributed by atoms with E-state index >= 15 is 0 Å². The number of nitrogens with zero attached hydrogens (tertiary/aromatic N) is 6. The van der Waals surface area contributed by atoms with Gasteiger partial charge in [-0.25, -0.2) is 4.39 Å². The molecule has 6 nitrogen and oxygen atoms in total. The normalized spacial score (nSPS) is 12.2. The van der Waals surface area contributed by atoms with Crippen LogP contribution in [-0.4, -0.2) is 29.6 Å². The number of hydrogen-bond donors (Lipinski definition) is 0. The van der Waals surface area contributed by atoms with Gasteiger partial charge in [-0.3, -0.25) is 4.68 Å². The van der Waals surface area contributed by atoms with E-state index < -0.39 is 0 Å². The first kappa shape index (κ1) is 15.9. The van der Waals surface area contributed by atoms with E-state index in [2.05, 4.69) is 41.2 Å². The Morgan fingerprint density at radius 1 is 1.08 bits per heavy atom. The zero-order valence-electron chi connectivity index (χ0n) is 14.4. The summed E-state index contributed by atoms with van der Waals surface area (Å²) in [7, 11) is 1.89. The molecule has 128 valence electrons. The second-order valence-electron chi connectivity index (χ2n) is 6.89. The molecule has 0 bridgehead atoms. The van der Waals surface area contributed by atoms with Crippen molar-refractivity contribution in [2.45, 2.75) is 26.2 Å². The topological polar surface area (TPSA) is 60.9 Å². The van der Waals surface area contributed by atoms with Crippen LogP contribution in [0.2, 0.25) is 0 Å². The summed E-state index contributed by atoms with van der Waals surface area (Å²) in [5, 5.41) is 18.2. The molecule has 25 heavy (non-hydrogen) atoms. The third-order valence-electron chi connectivity index (χ3n) is 3.97. The molecule has 0 aliphatic rings. The lowest BCUT2D eigenvalue weighted by Gasteiger charge is -2.13. The highest BCUT2D eigenvalue weighted by atomic mass is 32.1. The molecule has 4 rings (SSSR count). The van der Waals surface area contributed by atoms with Gasteiger partial charge in [-0.2, -0.15) is 14.7 Å². The Balaban J connectivity index is 1.84. The van der Waals surface area contributed by atoms with Crippen LogP contribution in [0.4, 0.5) is 4.39 Å². The van der Waals surface area contributed by atoms with E-state index in [0.717, 1.165) is 16.4 Å². The smallest absolute Gasteiger partial charge is 0.235 e. The fraction of sp³-hybridized carbons (Fsp3) is 0.294. The van der Waals surface area contributed by atoms with Gasteiger partial charge in [-0.05, 0) is 18.2 Å². The first-order chi connectivity index (χ1) is 11.8. The molecule has 8 heteroatoms. The molecule has 0 atom stereocenters. The molecule has 4 aromatic rings. The molecule has 0 spiro atoms. The van der Waals surface area contributed by atoms with Gasteiger partial charge in [0.25, 0.3) is 0 Å². The lowest BCUT2D eigenvalue weighted by atomic mass is 9.92. The van der Waals surface area contributed by atoms with Crippen LogP contribution >= 0.6 is 11.3 Å². The monoisotopic (exact) mass is 356 g/mol. The van der Waals surface area contributed by atoms with Gasteiger partial charge >= 0.3 is 0 Å². The first-order valence-electron chi connectivity index (χ1n) is 7.86. The van der Waals surface area contributed by atoms with Crippen LogP contribution in [0.1, 0.15) is 26.5 Å². The Bertz CT molecular complexity index is 1070. The van der Waals surface area contributed by atoms with Gasteiger partial charge in [-0.1, -0.05) is 44.2 Å². The predicted molar refractivity (Wildman–Crippen MR) is 95.0 cm³/mol. The summed E-state index contributed by atoms with van der Waals surface area (Å²) in [5.74, 6) is 0.0516. The van der Waals surface area contributed by atoms with Crippen LogP contribution in [0.25, 0.3) is 27.1 Å². The van der Waals surface area contributed by atoms with E-state index in [9.17, 15) is 4.39 Å². The largest absolute Gasteiger partial charge is 0.265 e. The van der Waals surface area contributed by atoms with Gasteiger partial charge in [-0.15, -0.1) is 10.2 Å². The minimum atomic E-state index is -0.345. The van der Waals surface area contributed by atoms with E-state index in [0.29, 0.717) is 16.3 Å². The summed E-state index contributed by atoms with van der Waals surface area (Å²) in [6.07, 6.45) is 0. The van der Waals surface area contributed by atoms with Crippen LogP contribution < -0.4 is 0 Å². The Labute approximate surface area is 147 Å². The number of rotatable bonds is 2. The van der Waals surface area contributed by atoms with Crippen molar-refractivity contribution in [3.63, 3.8) is 0 Å². The summed E-state index contributed by atoms with van der Waals surface area (Å²) in [6, 6.07) is 8.53. The summed E-state index contributed by atoms with van der Waals surface area (Å²) in [4.78, 5) is 0.617. The second-order valence-corrected chi connectivity index (χ2v) is 7.85. The molecule has 3 aromatic heterocycles. The Morgan fingerprint density at radius 3 is 2.52 bits per heavy atom. The van der Waals surface area contributed by atoms with Crippen molar-refractivity contribution in [1.29, 1.82) is 0 Å². The van der Waals surface area contributed by atoms with Gasteiger partial charge in [0.1, 0.15) is 5.82 Å². The fourth-order valence-electron chi connectivity index (χ4n) is 2.56. The van der Waals surface area contributed by atoms with Gasteiger partial charge < -0.3 is 0 Å². The Morgan fingerprint density at radius 2 is 1.84 bits per heavy atom. The summed E-state index contributed by atoms with van der Waals surface area (Å²) >= 11 is 1.40. The lowest BCUT2D eigenvalue weighted by Crippen LogP contribution is -2.12. The first-order valence-corrected chi connectivity index (χ1v) is 8.68. The minimum Gasteiger partial charge on any atom is -0.265 e. The van der Waals surface area contributed by atoms with Gasteiger partial charge in [0.05, 0.1) is 17.0 Å². The minimum absolute atomic E-state index is 0.0483. The molecule has 0 fully saturated rings. The lowest BCUT2D eigenvalue weighted by molar-refractivity contribution is 0.553. The van der Waals surface area contributed by atoms with E-state index in [1.54, 1.807) is 22.7 Å². The van der Waals surface area contributed by atoms with E-state index in [1.807, 2.05) is 17.8 Å². The maximum Gasteiger partial charge on any atom is 0.235 e. The molecule has 0 aliphatic carbocycles. The third kappa shape index (κ3) is 2.62. The van der Waals surface area contributed by atoms with Gasteiger partial charge in [0.2, 0.25) is 4.96 Å². The highest BCUT2D eigenvalue weighted by Crippen LogP contribution is 2.31. The van der Waals surface area contributed by atoms with Crippen molar-refractivity contribution in [3.05, 3.63) is 41.8 Å². The molecule has 0 radical (unpaired) electrons.